The Morgan fingerprint density at radius 2 is 1.60 bits per heavy atom. The normalized spacial score (nSPS) is 47.0. The van der Waals surface area contributed by atoms with E-state index in [0.29, 0.717) is 46.2 Å². The summed E-state index contributed by atoms with van der Waals surface area (Å²) in [5, 5.41) is 0. The number of ketones is 1. The fourth-order valence-electron chi connectivity index (χ4n) is 10.5. The molecule has 0 bridgehead atoms. The molecule has 1 unspecified atom stereocenters. The lowest BCUT2D eigenvalue weighted by molar-refractivity contribution is -0.139. The second-order valence-electron chi connectivity index (χ2n) is 16.8. The molecule has 0 N–H and O–H groups in total. The first-order valence-electron chi connectivity index (χ1n) is 15.1. The molecule has 200 valence electrons. The van der Waals surface area contributed by atoms with Crippen LogP contribution in [0.2, 0.25) is 0 Å². The third-order valence-electron chi connectivity index (χ3n) is 13.2. The maximum Gasteiger partial charge on any atom is 0.159 e. The molecule has 0 spiro atoms. The molecule has 4 rings (SSSR count). The highest BCUT2D eigenvalue weighted by atomic mass is 16.1. The number of carbonyl (C=O) groups excluding carboxylic acids is 1. The van der Waals surface area contributed by atoms with E-state index in [9.17, 15) is 4.79 Å². The minimum Gasteiger partial charge on any atom is -0.295 e. The van der Waals surface area contributed by atoms with Crippen LogP contribution in [0.25, 0.3) is 0 Å². The van der Waals surface area contributed by atoms with Crippen LogP contribution in [-0.4, -0.2) is 5.78 Å². The number of rotatable bonds is 4. The summed E-state index contributed by atoms with van der Waals surface area (Å²) in [4.78, 5) is 13.8. The van der Waals surface area contributed by atoms with E-state index in [2.05, 4.69) is 89.2 Å². The van der Waals surface area contributed by atoms with Crippen LogP contribution >= 0.6 is 0 Å². The minimum atomic E-state index is 0.143. The van der Waals surface area contributed by atoms with Crippen molar-refractivity contribution in [3.63, 3.8) is 0 Å². The molecule has 4 aliphatic rings. The highest BCUT2D eigenvalue weighted by molar-refractivity contribution is 5.94. The van der Waals surface area contributed by atoms with Crippen LogP contribution in [0.5, 0.6) is 0 Å². The van der Waals surface area contributed by atoms with Crippen molar-refractivity contribution in [1.29, 1.82) is 0 Å². The third-order valence-corrected chi connectivity index (χ3v) is 13.2. The molecule has 10 atom stereocenters. The molecule has 0 aromatic rings. The second kappa shape index (κ2) is 8.46. The Morgan fingerprint density at radius 3 is 2.20 bits per heavy atom. The monoisotopic (exact) mass is 482 g/mol. The molecule has 4 aliphatic carbocycles. The Balaban J connectivity index is 1.71. The lowest BCUT2D eigenvalue weighted by atomic mass is 9.39. The van der Waals surface area contributed by atoms with Crippen LogP contribution in [0.3, 0.4) is 0 Å². The maximum absolute atomic E-state index is 13.8. The first kappa shape index (κ1) is 27.4. The van der Waals surface area contributed by atoms with Gasteiger partial charge in [-0.15, -0.1) is 0 Å². The Morgan fingerprint density at radius 1 is 0.971 bits per heavy atom. The molecule has 0 radical (unpaired) electrons. The van der Waals surface area contributed by atoms with Gasteiger partial charge in [0, 0.05) is 5.92 Å². The van der Waals surface area contributed by atoms with E-state index in [-0.39, 0.29) is 22.2 Å². The quantitative estimate of drug-likeness (QED) is 0.389. The summed E-state index contributed by atoms with van der Waals surface area (Å²) in [5.41, 5.74) is 2.86. The molecule has 0 aromatic carbocycles. The molecule has 1 heteroatoms. The minimum absolute atomic E-state index is 0.143. The van der Waals surface area contributed by atoms with Crippen LogP contribution in [0.1, 0.15) is 128 Å². The zero-order valence-corrected chi connectivity index (χ0v) is 25.5. The molecule has 0 aromatic heterocycles. The fraction of sp³-hybridized carbons (Fsp3) is 0.912. The van der Waals surface area contributed by atoms with Crippen LogP contribution in [0, 0.1) is 68.5 Å². The van der Waals surface area contributed by atoms with Crippen LogP contribution in [-0.2, 0) is 4.79 Å². The first-order chi connectivity index (χ1) is 15.9. The average molecular weight is 483 g/mol. The van der Waals surface area contributed by atoms with Gasteiger partial charge in [-0.1, -0.05) is 88.7 Å². The first-order valence-corrected chi connectivity index (χ1v) is 15.1. The Hall–Kier alpha value is -0.590. The van der Waals surface area contributed by atoms with E-state index < -0.39 is 0 Å². The van der Waals surface area contributed by atoms with Crippen molar-refractivity contribution >= 4 is 5.78 Å². The molecule has 0 aliphatic heterocycles. The highest BCUT2D eigenvalue weighted by Crippen LogP contribution is 2.75. The summed E-state index contributed by atoms with van der Waals surface area (Å²) in [7, 11) is 0. The van der Waals surface area contributed by atoms with Gasteiger partial charge in [0.2, 0.25) is 0 Å². The van der Waals surface area contributed by atoms with Crippen molar-refractivity contribution in [2.75, 3.05) is 0 Å². The van der Waals surface area contributed by atoms with Gasteiger partial charge in [0.05, 0.1) is 0 Å². The third kappa shape index (κ3) is 4.03. The lowest BCUT2D eigenvalue weighted by Crippen LogP contribution is -2.59. The van der Waals surface area contributed by atoms with Gasteiger partial charge in [0.15, 0.2) is 5.78 Å². The van der Waals surface area contributed by atoms with Crippen LogP contribution in [0.15, 0.2) is 11.6 Å². The van der Waals surface area contributed by atoms with E-state index >= 15 is 0 Å². The lowest BCUT2D eigenvalue weighted by Gasteiger charge is -2.64. The molecule has 35 heavy (non-hydrogen) atoms. The van der Waals surface area contributed by atoms with Gasteiger partial charge in [0.25, 0.3) is 0 Å². The summed E-state index contributed by atoms with van der Waals surface area (Å²) < 4.78 is 0. The summed E-state index contributed by atoms with van der Waals surface area (Å²) in [6.07, 6.45) is 11.1. The van der Waals surface area contributed by atoms with Gasteiger partial charge in [-0.05, 0) is 114 Å². The van der Waals surface area contributed by atoms with Crippen molar-refractivity contribution in [3.8, 4) is 0 Å². The topological polar surface area (TPSA) is 17.1 Å². The Kier molecular flexibility index (Phi) is 6.63. The van der Waals surface area contributed by atoms with Crippen LogP contribution in [0.4, 0.5) is 0 Å². The van der Waals surface area contributed by atoms with Gasteiger partial charge in [0.1, 0.15) is 0 Å². The number of carbonyl (C=O) groups is 1. The van der Waals surface area contributed by atoms with Gasteiger partial charge in [-0.2, -0.15) is 0 Å². The van der Waals surface area contributed by atoms with Crippen molar-refractivity contribution in [2.24, 2.45) is 68.5 Å². The summed E-state index contributed by atoms with van der Waals surface area (Å²) in [6.45, 7) is 30.0. The SMILES string of the molecule is C[C@@H]1C[C@]2(C)[C@@H](C(C)(C)[C@H](C)CCC(C)(C)C)CC[C@@]2(C)C2=CC(=O)[C@@H]3C[C@@H](C)[C@@H](C)C[C@]3(C)C21. The van der Waals surface area contributed by atoms with Gasteiger partial charge in [-0.3, -0.25) is 4.79 Å². The van der Waals surface area contributed by atoms with E-state index in [0.717, 1.165) is 12.3 Å². The second-order valence-corrected chi connectivity index (χ2v) is 16.8. The zero-order valence-electron chi connectivity index (χ0n) is 25.5. The fourth-order valence-corrected chi connectivity index (χ4v) is 10.5. The number of hydrogen-bond acceptors (Lipinski definition) is 1. The van der Waals surface area contributed by atoms with Gasteiger partial charge < -0.3 is 0 Å². The molecule has 0 amide bonds. The maximum atomic E-state index is 13.8. The molecule has 0 heterocycles. The molecular weight excluding hydrogens is 424 g/mol. The van der Waals surface area contributed by atoms with Gasteiger partial charge in [-0.25, -0.2) is 0 Å². The average Bonchev–Trinajstić information content (AvgIpc) is 2.99. The summed E-state index contributed by atoms with van der Waals surface area (Å²) in [6, 6.07) is 0. The zero-order chi connectivity index (χ0) is 26.4. The highest BCUT2D eigenvalue weighted by Gasteiger charge is 2.68. The number of fused-ring (bicyclic) bond motifs is 5. The molecular formula is C34H58O. The van der Waals surface area contributed by atoms with Crippen LogP contribution < -0.4 is 0 Å². The Labute approximate surface area is 218 Å². The van der Waals surface area contributed by atoms with Crippen molar-refractivity contribution in [2.45, 2.75) is 128 Å². The molecule has 1 nitrogen and oxygen atoms in total. The van der Waals surface area contributed by atoms with Gasteiger partial charge >= 0.3 is 0 Å². The largest absolute Gasteiger partial charge is 0.295 e. The molecule has 3 saturated carbocycles. The molecule has 3 fully saturated rings. The summed E-state index contributed by atoms with van der Waals surface area (Å²) >= 11 is 0. The summed E-state index contributed by atoms with van der Waals surface area (Å²) in [5.74, 6) is 4.75. The predicted octanol–water partition coefficient (Wildman–Crippen LogP) is 9.75. The Bertz CT molecular complexity index is 872. The van der Waals surface area contributed by atoms with Crippen molar-refractivity contribution in [1.82, 2.24) is 0 Å². The predicted molar refractivity (Wildman–Crippen MR) is 150 cm³/mol. The smallest absolute Gasteiger partial charge is 0.159 e. The van der Waals surface area contributed by atoms with E-state index in [1.165, 1.54) is 38.5 Å². The number of hydrogen-bond donors (Lipinski definition) is 0. The molecule has 0 saturated heterocycles. The standard InChI is InChI=1S/C34H58O/c1-21-17-25-27(35)18-26-29(32(25,10)19-22(21)2)23(3)20-34(12)28(14-16-33(26,34)11)31(8,9)24(4)13-15-30(5,6)7/h18,21-25,28-29H,13-17,19-20H2,1-12H3/t21-,22+,23-,24-,25+,28-,29?,32+,33+,34-/m1/s1. The van der Waals surface area contributed by atoms with E-state index in [4.69, 9.17) is 0 Å². The van der Waals surface area contributed by atoms with Crippen molar-refractivity contribution in [3.05, 3.63) is 11.6 Å². The van der Waals surface area contributed by atoms with E-state index in [1.807, 2.05) is 0 Å². The van der Waals surface area contributed by atoms with Crippen molar-refractivity contribution < 1.29 is 4.79 Å². The number of allylic oxidation sites excluding steroid dienone is 2. The van der Waals surface area contributed by atoms with E-state index in [1.54, 1.807) is 5.57 Å².